The van der Waals surface area contributed by atoms with Crippen molar-refractivity contribution >= 4 is 6.29 Å². The molecule has 1 heterocycles. The Morgan fingerprint density at radius 3 is 2.57 bits per heavy atom. The molecule has 0 radical (unpaired) electrons. The molecule has 1 saturated heterocycles. The van der Waals surface area contributed by atoms with Crippen molar-refractivity contribution in [1.29, 1.82) is 0 Å². The SMILES string of the molecule is O=Cc1ccc(C2CC(O)CN2)cc1. The average molecular weight is 191 g/mol. The maximum absolute atomic E-state index is 10.4. The molecule has 1 aliphatic heterocycles. The molecule has 3 heteroatoms. The van der Waals surface area contributed by atoms with E-state index in [9.17, 15) is 9.90 Å². The molecule has 1 aromatic carbocycles. The fraction of sp³-hybridized carbons (Fsp3) is 0.364. The summed E-state index contributed by atoms with van der Waals surface area (Å²) in [5, 5.41) is 12.6. The van der Waals surface area contributed by atoms with E-state index in [1.807, 2.05) is 12.1 Å². The van der Waals surface area contributed by atoms with E-state index in [0.29, 0.717) is 12.1 Å². The molecule has 74 valence electrons. The van der Waals surface area contributed by atoms with E-state index in [4.69, 9.17) is 0 Å². The van der Waals surface area contributed by atoms with E-state index in [-0.39, 0.29) is 12.1 Å². The van der Waals surface area contributed by atoms with Gasteiger partial charge in [0.1, 0.15) is 6.29 Å². The fourth-order valence-electron chi connectivity index (χ4n) is 1.78. The average Bonchev–Trinajstić information content (AvgIpc) is 2.65. The Bertz CT molecular complexity index is 321. The lowest BCUT2D eigenvalue weighted by atomic mass is 10.0. The van der Waals surface area contributed by atoms with Gasteiger partial charge in [-0.1, -0.05) is 24.3 Å². The van der Waals surface area contributed by atoms with Gasteiger partial charge in [0.25, 0.3) is 0 Å². The first-order valence-corrected chi connectivity index (χ1v) is 4.76. The van der Waals surface area contributed by atoms with Crippen LogP contribution in [-0.2, 0) is 0 Å². The monoisotopic (exact) mass is 191 g/mol. The normalized spacial score (nSPS) is 26.4. The second-order valence-corrected chi connectivity index (χ2v) is 3.63. The summed E-state index contributed by atoms with van der Waals surface area (Å²) < 4.78 is 0. The molecule has 0 amide bonds. The van der Waals surface area contributed by atoms with Gasteiger partial charge in [-0.3, -0.25) is 4.79 Å². The molecule has 2 N–H and O–H groups in total. The summed E-state index contributed by atoms with van der Waals surface area (Å²) in [6, 6.07) is 7.69. The number of aliphatic hydroxyl groups excluding tert-OH is 1. The van der Waals surface area contributed by atoms with E-state index in [1.165, 1.54) is 0 Å². The van der Waals surface area contributed by atoms with Crippen molar-refractivity contribution in [1.82, 2.24) is 5.32 Å². The zero-order valence-electron chi connectivity index (χ0n) is 7.81. The van der Waals surface area contributed by atoms with Crippen LogP contribution in [0.15, 0.2) is 24.3 Å². The summed E-state index contributed by atoms with van der Waals surface area (Å²) in [6.45, 7) is 0.653. The number of β-amino-alcohol motifs (C(OH)–C–C–N with tert-alkyl or cyclic N) is 1. The molecule has 2 rings (SSSR count). The summed E-state index contributed by atoms with van der Waals surface area (Å²) in [5.41, 5.74) is 1.82. The van der Waals surface area contributed by atoms with Crippen LogP contribution in [0, 0.1) is 0 Å². The molecule has 0 aliphatic carbocycles. The number of hydrogen-bond donors (Lipinski definition) is 2. The van der Waals surface area contributed by atoms with Crippen LogP contribution in [-0.4, -0.2) is 24.0 Å². The molecule has 0 bridgehead atoms. The van der Waals surface area contributed by atoms with Crippen LogP contribution >= 0.6 is 0 Å². The minimum absolute atomic E-state index is 0.228. The van der Waals surface area contributed by atoms with Gasteiger partial charge < -0.3 is 10.4 Å². The van der Waals surface area contributed by atoms with Crippen molar-refractivity contribution in [3.63, 3.8) is 0 Å². The third-order valence-electron chi connectivity index (χ3n) is 2.58. The van der Waals surface area contributed by atoms with Crippen molar-refractivity contribution < 1.29 is 9.90 Å². The van der Waals surface area contributed by atoms with E-state index in [1.54, 1.807) is 12.1 Å². The van der Waals surface area contributed by atoms with Gasteiger partial charge in [0.15, 0.2) is 0 Å². The number of carbonyl (C=O) groups is 1. The number of aldehydes is 1. The molecule has 2 atom stereocenters. The van der Waals surface area contributed by atoms with E-state index >= 15 is 0 Å². The standard InChI is InChI=1S/C11H13NO2/c13-7-8-1-3-9(4-2-8)11-5-10(14)6-12-11/h1-4,7,10-12,14H,5-6H2. The highest BCUT2D eigenvalue weighted by Gasteiger charge is 2.22. The number of aliphatic hydroxyl groups is 1. The van der Waals surface area contributed by atoms with Gasteiger partial charge in [-0.05, 0) is 12.0 Å². The summed E-state index contributed by atoms with van der Waals surface area (Å²) in [5.74, 6) is 0. The van der Waals surface area contributed by atoms with E-state index in [2.05, 4.69) is 5.32 Å². The second kappa shape index (κ2) is 3.90. The van der Waals surface area contributed by atoms with Gasteiger partial charge >= 0.3 is 0 Å². The number of benzene rings is 1. The van der Waals surface area contributed by atoms with Crippen molar-refractivity contribution in [2.45, 2.75) is 18.6 Å². The highest BCUT2D eigenvalue weighted by Crippen LogP contribution is 2.23. The quantitative estimate of drug-likeness (QED) is 0.683. The Kier molecular flexibility index (Phi) is 2.61. The highest BCUT2D eigenvalue weighted by molar-refractivity contribution is 5.74. The van der Waals surface area contributed by atoms with Crippen molar-refractivity contribution in [3.8, 4) is 0 Å². The second-order valence-electron chi connectivity index (χ2n) is 3.63. The topological polar surface area (TPSA) is 49.3 Å². The minimum atomic E-state index is -0.245. The summed E-state index contributed by atoms with van der Waals surface area (Å²) in [7, 11) is 0. The maximum Gasteiger partial charge on any atom is 0.150 e. The lowest BCUT2D eigenvalue weighted by molar-refractivity contribution is 0.112. The first kappa shape index (κ1) is 9.37. The van der Waals surface area contributed by atoms with Crippen LogP contribution in [0.25, 0.3) is 0 Å². The van der Waals surface area contributed by atoms with Crippen LogP contribution < -0.4 is 5.32 Å². The van der Waals surface area contributed by atoms with Crippen LogP contribution in [0.5, 0.6) is 0 Å². The van der Waals surface area contributed by atoms with Crippen LogP contribution in [0.1, 0.15) is 28.4 Å². The number of rotatable bonds is 2. The number of carbonyl (C=O) groups excluding carboxylic acids is 1. The molecule has 0 spiro atoms. The van der Waals surface area contributed by atoms with Gasteiger partial charge in [-0.15, -0.1) is 0 Å². The molecular formula is C11H13NO2. The smallest absolute Gasteiger partial charge is 0.150 e. The first-order valence-electron chi connectivity index (χ1n) is 4.76. The van der Waals surface area contributed by atoms with Gasteiger partial charge in [0.2, 0.25) is 0 Å². The zero-order chi connectivity index (χ0) is 9.97. The molecule has 2 unspecified atom stereocenters. The Morgan fingerprint density at radius 2 is 2.07 bits per heavy atom. The Hall–Kier alpha value is -1.19. The predicted octanol–water partition coefficient (Wildman–Crippen LogP) is 0.894. The lowest BCUT2D eigenvalue weighted by Crippen LogP contribution is -2.14. The van der Waals surface area contributed by atoms with Gasteiger partial charge in [-0.2, -0.15) is 0 Å². The summed E-state index contributed by atoms with van der Waals surface area (Å²) in [4.78, 5) is 10.4. The highest BCUT2D eigenvalue weighted by atomic mass is 16.3. The Balaban J connectivity index is 2.13. The summed E-state index contributed by atoms with van der Waals surface area (Å²) >= 11 is 0. The Morgan fingerprint density at radius 1 is 1.36 bits per heavy atom. The molecule has 1 fully saturated rings. The van der Waals surface area contributed by atoms with E-state index < -0.39 is 0 Å². The van der Waals surface area contributed by atoms with Crippen LogP contribution in [0.3, 0.4) is 0 Å². The predicted molar refractivity (Wildman–Crippen MR) is 53.2 cm³/mol. The third-order valence-corrected chi connectivity index (χ3v) is 2.58. The molecule has 0 aromatic heterocycles. The lowest BCUT2D eigenvalue weighted by Gasteiger charge is -2.09. The largest absolute Gasteiger partial charge is 0.392 e. The van der Waals surface area contributed by atoms with Gasteiger partial charge in [0.05, 0.1) is 6.10 Å². The molecule has 1 aromatic rings. The molecule has 3 nitrogen and oxygen atoms in total. The fourth-order valence-corrected chi connectivity index (χ4v) is 1.78. The molecule has 1 aliphatic rings. The molecule has 14 heavy (non-hydrogen) atoms. The van der Waals surface area contributed by atoms with Gasteiger partial charge in [0, 0.05) is 18.2 Å². The van der Waals surface area contributed by atoms with Crippen molar-refractivity contribution in [3.05, 3.63) is 35.4 Å². The number of hydrogen-bond acceptors (Lipinski definition) is 3. The summed E-state index contributed by atoms with van der Waals surface area (Å²) in [6.07, 6.45) is 1.34. The van der Waals surface area contributed by atoms with E-state index in [0.717, 1.165) is 18.3 Å². The van der Waals surface area contributed by atoms with Crippen molar-refractivity contribution in [2.24, 2.45) is 0 Å². The number of nitrogens with one attached hydrogen (secondary N) is 1. The first-order chi connectivity index (χ1) is 6.79. The molecule has 0 saturated carbocycles. The van der Waals surface area contributed by atoms with Crippen LogP contribution in [0.4, 0.5) is 0 Å². The zero-order valence-corrected chi connectivity index (χ0v) is 7.81. The third kappa shape index (κ3) is 1.84. The van der Waals surface area contributed by atoms with Gasteiger partial charge in [-0.25, -0.2) is 0 Å². The minimum Gasteiger partial charge on any atom is -0.392 e. The Labute approximate surface area is 82.8 Å². The van der Waals surface area contributed by atoms with Crippen molar-refractivity contribution in [2.75, 3.05) is 6.54 Å². The maximum atomic E-state index is 10.4. The molecular weight excluding hydrogens is 178 g/mol. The van der Waals surface area contributed by atoms with Crippen LogP contribution in [0.2, 0.25) is 0 Å².